The monoisotopic (exact) mass is 566 g/mol. The second-order valence-corrected chi connectivity index (χ2v) is 9.16. The van der Waals surface area contributed by atoms with E-state index in [2.05, 4.69) is 31.1 Å². The molecule has 1 aliphatic heterocycles. The number of carboxylic acid groups (broad SMARTS) is 1. The summed E-state index contributed by atoms with van der Waals surface area (Å²) >= 11 is 3.17. The molecule has 0 radical (unpaired) electrons. The van der Waals surface area contributed by atoms with Crippen LogP contribution in [-0.4, -0.2) is 53.5 Å². The molecule has 0 bridgehead atoms. The summed E-state index contributed by atoms with van der Waals surface area (Å²) < 4.78 is 47.9. The second-order valence-electron chi connectivity index (χ2n) is 8.30. The smallest absolute Gasteiger partial charge is 0.407 e. The molecule has 4 heterocycles. The lowest BCUT2D eigenvalue weighted by Crippen LogP contribution is -2.42. The lowest BCUT2D eigenvalue weighted by Gasteiger charge is -2.31. The third kappa shape index (κ3) is 4.36. The molecule has 0 spiro atoms. The van der Waals surface area contributed by atoms with Crippen molar-refractivity contribution in [3.05, 3.63) is 62.8 Å². The SMILES string of the molecule is O=C(O)N1CCC[C@@H](n2c(=O)n(Cc3ccc(-c4nnc(C(F)F)o4)cn3)c3cc(F)c(Br)cc32)C1. The maximum Gasteiger partial charge on any atom is 0.407 e. The fraction of sp³-hybridized carbons (Fsp3) is 0.318. The summed E-state index contributed by atoms with van der Waals surface area (Å²) in [7, 11) is 0. The molecule has 1 aromatic carbocycles. The Hall–Kier alpha value is -3.68. The first-order valence-corrected chi connectivity index (χ1v) is 11.7. The van der Waals surface area contributed by atoms with E-state index in [4.69, 9.17) is 4.42 Å². The third-order valence-electron chi connectivity index (χ3n) is 6.06. The Labute approximate surface area is 209 Å². The van der Waals surface area contributed by atoms with Crippen LogP contribution in [0.3, 0.4) is 0 Å². The number of alkyl halides is 2. The van der Waals surface area contributed by atoms with E-state index < -0.39 is 36.0 Å². The Morgan fingerprint density at radius 3 is 2.72 bits per heavy atom. The Morgan fingerprint density at radius 1 is 1.25 bits per heavy atom. The number of benzene rings is 1. The van der Waals surface area contributed by atoms with Crippen molar-refractivity contribution in [3.8, 4) is 11.5 Å². The standard InChI is InChI=1S/C22H18BrF3N6O4/c23-14-6-17-16(7-15(14)24)31(21(33)32(17)13-2-1-5-30(10-13)22(34)35)9-12-4-3-11(8-27-12)19-28-29-20(36-19)18(25)26/h3-4,6-8,13,18H,1-2,5,9-10H2,(H,34,35)/t13-/m1/s1. The molecule has 1 saturated heterocycles. The number of rotatable bonds is 5. The average molecular weight is 567 g/mol. The minimum Gasteiger partial charge on any atom is -0.465 e. The van der Waals surface area contributed by atoms with E-state index in [-0.39, 0.29) is 23.5 Å². The molecule has 1 aliphatic rings. The van der Waals surface area contributed by atoms with Gasteiger partial charge in [-0.1, -0.05) is 0 Å². The van der Waals surface area contributed by atoms with Gasteiger partial charge in [0.15, 0.2) is 0 Å². The molecule has 1 fully saturated rings. The largest absolute Gasteiger partial charge is 0.465 e. The highest BCUT2D eigenvalue weighted by atomic mass is 79.9. The van der Waals surface area contributed by atoms with Gasteiger partial charge >= 0.3 is 18.2 Å². The normalized spacial score (nSPS) is 16.2. The van der Waals surface area contributed by atoms with Crippen molar-refractivity contribution in [3.63, 3.8) is 0 Å². The van der Waals surface area contributed by atoms with Crippen molar-refractivity contribution in [2.24, 2.45) is 0 Å². The van der Waals surface area contributed by atoms with Gasteiger partial charge in [0, 0.05) is 25.4 Å². The number of aromatic nitrogens is 5. The van der Waals surface area contributed by atoms with Crippen LogP contribution in [0.5, 0.6) is 0 Å². The van der Waals surface area contributed by atoms with Gasteiger partial charge in [-0.25, -0.2) is 14.0 Å². The van der Waals surface area contributed by atoms with Gasteiger partial charge in [0.1, 0.15) is 5.82 Å². The van der Waals surface area contributed by atoms with Crippen molar-refractivity contribution >= 4 is 33.1 Å². The molecule has 188 valence electrons. The number of pyridine rings is 1. The van der Waals surface area contributed by atoms with Gasteiger partial charge in [0.25, 0.3) is 5.89 Å². The summed E-state index contributed by atoms with van der Waals surface area (Å²) in [5.74, 6) is -1.48. The summed E-state index contributed by atoms with van der Waals surface area (Å²) in [5.41, 5.74) is 1.13. The summed E-state index contributed by atoms with van der Waals surface area (Å²) in [6, 6.07) is 5.45. The number of amides is 1. The zero-order chi connectivity index (χ0) is 25.6. The van der Waals surface area contributed by atoms with Gasteiger partial charge in [-0.3, -0.25) is 14.1 Å². The molecule has 0 unspecified atom stereocenters. The van der Waals surface area contributed by atoms with Crippen LogP contribution in [0.15, 0.2) is 44.1 Å². The molecule has 4 aromatic rings. The molecule has 10 nitrogen and oxygen atoms in total. The second kappa shape index (κ2) is 9.41. The fourth-order valence-corrected chi connectivity index (χ4v) is 4.69. The van der Waals surface area contributed by atoms with Crippen LogP contribution in [-0.2, 0) is 6.54 Å². The van der Waals surface area contributed by atoms with Crippen LogP contribution in [0.4, 0.5) is 18.0 Å². The zero-order valence-corrected chi connectivity index (χ0v) is 20.0. The molecule has 1 N–H and O–H groups in total. The van der Waals surface area contributed by atoms with Gasteiger partial charge in [-0.2, -0.15) is 8.78 Å². The van der Waals surface area contributed by atoms with Crippen LogP contribution >= 0.6 is 15.9 Å². The summed E-state index contributed by atoms with van der Waals surface area (Å²) in [6.07, 6.45) is -1.42. The number of imidazole rings is 1. The molecule has 3 aromatic heterocycles. The van der Waals surface area contributed by atoms with E-state index in [1.54, 1.807) is 12.1 Å². The van der Waals surface area contributed by atoms with Crippen molar-refractivity contribution in [1.82, 2.24) is 29.2 Å². The fourth-order valence-electron chi connectivity index (χ4n) is 4.36. The minimum atomic E-state index is -2.89. The molecule has 0 aliphatic carbocycles. The molecular weight excluding hydrogens is 549 g/mol. The Balaban J connectivity index is 1.51. The quantitative estimate of drug-likeness (QED) is 0.379. The van der Waals surface area contributed by atoms with Crippen molar-refractivity contribution < 1.29 is 27.5 Å². The maximum atomic E-state index is 14.5. The highest BCUT2D eigenvalue weighted by molar-refractivity contribution is 9.10. The molecule has 1 amide bonds. The van der Waals surface area contributed by atoms with Crippen molar-refractivity contribution in [2.45, 2.75) is 31.9 Å². The van der Waals surface area contributed by atoms with Crippen LogP contribution in [0.25, 0.3) is 22.5 Å². The number of likely N-dealkylation sites (tertiary alicyclic amines) is 1. The number of nitrogens with zero attached hydrogens (tertiary/aromatic N) is 6. The predicted octanol–water partition coefficient (Wildman–Crippen LogP) is 4.45. The Bertz CT molecular complexity index is 1500. The van der Waals surface area contributed by atoms with Crippen LogP contribution in [0.1, 0.15) is 36.9 Å². The van der Waals surface area contributed by atoms with Gasteiger partial charge in [0.05, 0.1) is 39.4 Å². The number of hydrogen-bond acceptors (Lipinski definition) is 6. The minimum absolute atomic E-state index is 0.00876. The van der Waals surface area contributed by atoms with Gasteiger partial charge < -0.3 is 14.4 Å². The topological polar surface area (TPSA) is 119 Å². The number of halogens is 4. The summed E-state index contributed by atoms with van der Waals surface area (Å²) in [4.78, 5) is 30.6. The molecular formula is C22H18BrF3N6O4. The third-order valence-corrected chi connectivity index (χ3v) is 6.66. The average Bonchev–Trinajstić information content (AvgIpc) is 3.44. The lowest BCUT2D eigenvalue weighted by molar-refractivity contribution is 0.116. The number of fused-ring (bicyclic) bond motifs is 1. The number of piperidine rings is 1. The molecule has 14 heteroatoms. The van der Waals surface area contributed by atoms with E-state index in [0.717, 1.165) is 0 Å². The Kier molecular flexibility index (Phi) is 6.28. The first-order chi connectivity index (χ1) is 17.2. The van der Waals surface area contributed by atoms with E-state index in [0.29, 0.717) is 41.7 Å². The van der Waals surface area contributed by atoms with Crippen LogP contribution < -0.4 is 5.69 Å². The van der Waals surface area contributed by atoms with Crippen LogP contribution in [0.2, 0.25) is 0 Å². The zero-order valence-electron chi connectivity index (χ0n) is 18.4. The first kappa shape index (κ1) is 24.0. The molecule has 36 heavy (non-hydrogen) atoms. The molecule has 5 rings (SSSR count). The van der Waals surface area contributed by atoms with E-state index in [1.165, 1.54) is 32.4 Å². The first-order valence-electron chi connectivity index (χ1n) is 10.9. The number of hydrogen-bond donors (Lipinski definition) is 1. The van der Waals surface area contributed by atoms with Gasteiger partial charge in [-0.05, 0) is 47.0 Å². The van der Waals surface area contributed by atoms with Gasteiger partial charge in [0.2, 0.25) is 5.89 Å². The highest BCUT2D eigenvalue weighted by Crippen LogP contribution is 2.29. The molecule has 1 atom stereocenters. The maximum absolute atomic E-state index is 14.5. The number of carbonyl (C=O) groups is 1. The predicted molar refractivity (Wildman–Crippen MR) is 123 cm³/mol. The lowest BCUT2D eigenvalue weighted by atomic mass is 10.1. The van der Waals surface area contributed by atoms with Crippen LogP contribution in [0, 0.1) is 5.82 Å². The Morgan fingerprint density at radius 2 is 2.06 bits per heavy atom. The van der Waals surface area contributed by atoms with Crippen molar-refractivity contribution in [2.75, 3.05) is 13.1 Å². The summed E-state index contributed by atoms with van der Waals surface area (Å²) in [5, 5.41) is 16.3. The van der Waals surface area contributed by atoms with Gasteiger partial charge in [-0.15, -0.1) is 10.2 Å². The van der Waals surface area contributed by atoms with E-state index in [1.807, 2.05) is 0 Å². The van der Waals surface area contributed by atoms with E-state index in [9.17, 15) is 27.9 Å². The molecule has 0 saturated carbocycles. The summed E-state index contributed by atoms with van der Waals surface area (Å²) in [6.45, 7) is 0.513. The highest BCUT2D eigenvalue weighted by Gasteiger charge is 2.29. The van der Waals surface area contributed by atoms with E-state index >= 15 is 0 Å². The van der Waals surface area contributed by atoms with Crippen molar-refractivity contribution in [1.29, 1.82) is 0 Å².